The lowest BCUT2D eigenvalue weighted by molar-refractivity contribution is 0.261. The molecule has 10 heavy (non-hydrogen) atoms. The van der Waals surface area contributed by atoms with Crippen LogP contribution in [0.1, 0.15) is 13.3 Å². The molecule has 0 aliphatic rings. The van der Waals surface area contributed by atoms with Crippen LogP contribution in [0.15, 0.2) is 12.7 Å². The van der Waals surface area contributed by atoms with Gasteiger partial charge in [-0.2, -0.15) is 0 Å². The van der Waals surface area contributed by atoms with Crippen LogP contribution in [0.4, 0.5) is 4.79 Å². The van der Waals surface area contributed by atoms with Crippen molar-refractivity contribution in [3.63, 3.8) is 0 Å². The first-order valence-electron chi connectivity index (χ1n) is 3.32. The Bertz CT molecular complexity index is 114. The third-order valence-electron chi connectivity index (χ3n) is 0.852. The second kappa shape index (κ2) is 6.68. The maximum Gasteiger partial charge on any atom is 0.279 e. The molecule has 0 atom stereocenters. The Morgan fingerprint density at radius 3 is 3.00 bits per heavy atom. The summed E-state index contributed by atoms with van der Waals surface area (Å²) in [6.45, 7) is 6.31. The van der Waals surface area contributed by atoms with Crippen molar-refractivity contribution in [2.24, 2.45) is 0 Å². The number of hydrogen-bond acceptors (Lipinski definition) is 2. The summed E-state index contributed by atoms with van der Waals surface area (Å²) in [6.07, 6.45) is 2.70. The number of carbonyl (C=O) groups excluding carboxylic acids is 1. The van der Waals surface area contributed by atoms with Crippen molar-refractivity contribution in [2.45, 2.75) is 13.3 Å². The van der Waals surface area contributed by atoms with Crippen molar-refractivity contribution in [3.05, 3.63) is 12.7 Å². The quantitative estimate of drug-likeness (QED) is 0.636. The van der Waals surface area contributed by atoms with Crippen molar-refractivity contribution in [1.82, 2.24) is 5.32 Å². The third kappa shape index (κ3) is 5.69. The summed E-state index contributed by atoms with van der Waals surface area (Å²) >= 11 is 1.25. The van der Waals surface area contributed by atoms with Crippen molar-refractivity contribution in [3.8, 4) is 0 Å². The van der Waals surface area contributed by atoms with E-state index in [1.165, 1.54) is 11.8 Å². The molecule has 0 spiro atoms. The van der Waals surface area contributed by atoms with Crippen LogP contribution < -0.4 is 5.32 Å². The van der Waals surface area contributed by atoms with E-state index < -0.39 is 0 Å². The Morgan fingerprint density at radius 2 is 2.50 bits per heavy atom. The fourth-order valence-corrected chi connectivity index (χ4v) is 0.886. The Balaban J connectivity index is 3.16. The second-order valence-electron chi connectivity index (χ2n) is 1.81. The largest absolute Gasteiger partial charge is 0.347 e. The van der Waals surface area contributed by atoms with Crippen LogP contribution in [-0.4, -0.2) is 17.5 Å². The molecule has 0 fully saturated rings. The van der Waals surface area contributed by atoms with Gasteiger partial charge in [0.05, 0.1) is 0 Å². The molecule has 0 unspecified atom stereocenters. The van der Waals surface area contributed by atoms with E-state index >= 15 is 0 Å². The lowest BCUT2D eigenvalue weighted by Gasteiger charge is -1.98. The van der Waals surface area contributed by atoms with Crippen LogP contribution >= 0.6 is 11.8 Å². The first-order chi connectivity index (χ1) is 4.81. The van der Waals surface area contributed by atoms with Crippen LogP contribution in [0.2, 0.25) is 0 Å². The molecule has 0 aromatic carbocycles. The van der Waals surface area contributed by atoms with Gasteiger partial charge in [-0.05, 0) is 6.42 Å². The van der Waals surface area contributed by atoms with Gasteiger partial charge in [-0.25, -0.2) is 0 Å². The average molecular weight is 159 g/mol. The second-order valence-corrected chi connectivity index (χ2v) is 2.81. The molecule has 0 bridgehead atoms. The molecule has 58 valence electrons. The van der Waals surface area contributed by atoms with Crippen molar-refractivity contribution in [2.75, 3.05) is 12.3 Å². The van der Waals surface area contributed by atoms with E-state index in [4.69, 9.17) is 0 Å². The molecule has 1 amide bonds. The summed E-state index contributed by atoms with van der Waals surface area (Å²) in [5.74, 6) is 0.690. The Morgan fingerprint density at radius 1 is 1.80 bits per heavy atom. The van der Waals surface area contributed by atoms with Gasteiger partial charge in [-0.1, -0.05) is 24.8 Å². The third-order valence-corrected chi connectivity index (χ3v) is 1.66. The van der Waals surface area contributed by atoms with Crippen molar-refractivity contribution in [1.29, 1.82) is 0 Å². The van der Waals surface area contributed by atoms with Crippen molar-refractivity contribution < 1.29 is 4.79 Å². The van der Waals surface area contributed by atoms with Gasteiger partial charge < -0.3 is 5.32 Å². The van der Waals surface area contributed by atoms with E-state index in [9.17, 15) is 4.79 Å². The SMILES string of the molecule is C=CCSC(=O)NCCC. The molecule has 0 saturated heterocycles. The molecule has 0 saturated carbocycles. The molecule has 0 aromatic rings. The van der Waals surface area contributed by atoms with Crippen LogP contribution in [0.5, 0.6) is 0 Å². The lowest BCUT2D eigenvalue weighted by atomic mass is 10.5. The van der Waals surface area contributed by atoms with Gasteiger partial charge in [0.25, 0.3) is 5.24 Å². The summed E-state index contributed by atoms with van der Waals surface area (Å²) in [4.78, 5) is 10.8. The maximum atomic E-state index is 10.8. The van der Waals surface area contributed by atoms with E-state index in [2.05, 4.69) is 11.9 Å². The highest BCUT2D eigenvalue weighted by molar-refractivity contribution is 8.13. The van der Waals surface area contributed by atoms with Gasteiger partial charge >= 0.3 is 0 Å². The zero-order valence-corrected chi connectivity index (χ0v) is 7.04. The number of hydrogen-bond donors (Lipinski definition) is 1. The lowest BCUT2D eigenvalue weighted by Crippen LogP contribution is -2.19. The average Bonchev–Trinajstić information content (AvgIpc) is 1.97. The van der Waals surface area contributed by atoms with Gasteiger partial charge in [0.2, 0.25) is 0 Å². The van der Waals surface area contributed by atoms with Gasteiger partial charge in [0, 0.05) is 12.3 Å². The molecular formula is C7H13NOS. The Hall–Kier alpha value is -0.440. The topological polar surface area (TPSA) is 29.1 Å². The fourth-order valence-electron chi connectivity index (χ4n) is 0.413. The summed E-state index contributed by atoms with van der Waals surface area (Å²) in [5.41, 5.74) is 0. The standard InChI is InChI=1S/C7H13NOS/c1-3-5-8-7(9)10-6-4-2/h4H,2-3,5-6H2,1H3,(H,8,9). The van der Waals surface area contributed by atoms with E-state index in [-0.39, 0.29) is 5.24 Å². The first kappa shape index (κ1) is 9.56. The van der Waals surface area contributed by atoms with Gasteiger partial charge in [0.1, 0.15) is 0 Å². The summed E-state index contributed by atoms with van der Waals surface area (Å²) in [7, 11) is 0. The molecule has 0 rings (SSSR count). The number of thioether (sulfide) groups is 1. The van der Waals surface area contributed by atoms with Crippen LogP contribution in [0.3, 0.4) is 0 Å². The minimum atomic E-state index is 0.0433. The molecule has 0 aromatic heterocycles. The van der Waals surface area contributed by atoms with E-state index in [1.807, 2.05) is 6.92 Å². The molecule has 2 nitrogen and oxygen atoms in total. The molecule has 1 N–H and O–H groups in total. The summed E-state index contributed by atoms with van der Waals surface area (Å²) in [6, 6.07) is 0. The highest BCUT2D eigenvalue weighted by Crippen LogP contribution is 1.99. The van der Waals surface area contributed by atoms with Gasteiger partial charge in [-0.3, -0.25) is 4.79 Å². The molecular weight excluding hydrogens is 146 g/mol. The molecule has 0 aliphatic heterocycles. The predicted molar refractivity (Wildman–Crippen MR) is 46.3 cm³/mol. The normalized spacial score (nSPS) is 8.90. The zero-order chi connectivity index (χ0) is 7.82. The molecule has 0 aliphatic carbocycles. The Labute approximate surface area is 66.1 Å². The number of amides is 1. The zero-order valence-electron chi connectivity index (χ0n) is 6.22. The summed E-state index contributed by atoms with van der Waals surface area (Å²) < 4.78 is 0. The number of carbonyl (C=O) groups is 1. The number of nitrogens with one attached hydrogen (secondary N) is 1. The highest BCUT2D eigenvalue weighted by atomic mass is 32.2. The predicted octanol–water partition coefficient (Wildman–Crippen LogP) is 2.03. The monoisotopic (exact) mass is 159 g/mol. The minimum Gasteiger partial charge on any atom is -0.347 e. The number of rotatable bonds is 4. The maximum absolute atomic E-state index is 10.8. The van der Waals surface area contributed by atoms with E-state index in [1.54, 1.807) is 6.08 Å². The molecule has 0 radical (unpaired) electrons. The first-order valence-corrected chi connectivity index (χ1v) is 4.31. The van der Waals surface area contributed by atoms with Gasteiger partial charge in [0.15, 0.2) is 0 Å². The van der Waals surface area contributed by atoms with E-state index in [0.717, 1.165) is 13.0 Å². The smallest absolute Gasteiger partial charge is 0.279 e. The van der Waals surface area contributed by atoms with Crippen LogP contribution in [0, 0.1) is 0 Å². The van der Waals surface area contributed by atoms with E-state index in [0.29, 0.717) is 5.75 Å². The van der Waals surface area contributed by atoms with Gasteiger partial charge in [-0.15, -0.1) is 6.58 Å². The fraction of sp³-hybridized carbons (Fsp3) is 0.571. The van der Waals surface area contributed by atoms with Crippen molar-refractivity contribution >= 4 is 17.0 Å². The summed E-state index contributed by atoms with van der Waals surface area (Å²) in [5, 5.41) is 2.79. The minimum absolute atomic E-state index is 0.0433. The van der Waals surface area contributed by atoms with Crippen LogP contribution in [0.25, 0.3) is 0 Å². The highest BCUT2D eigenvalue weighted by Gasteiger charge is 1.95. The Kier molecular flexibility index (Phi) is 6.38. The molecule has 3 heteroatoms. The van der Waals surface area contributed by atoms with Crippen LogP contribution in [-0.2, 0) is 0 Å². The molecule has 0 heterocycles.